The van der Waals surface area contributed by atoms with Crippen LogP contribution in [0.5, 0.6) is 0 Å². The van der Waals surface area contributed by atoms with Crippen LogP contribution in [0.15, 0.2) is 0 Å². The predicted molar refractivity (Wildman–Crippen MR) is 70.7 cm³/mol. The Kier molecular flexibility index (Phi) is 4.64. The smallest absolute Gasteiger partial charge is 0.150 e. The van der Waals surface area contributed by atoms with Gasteiger partial charge in [-0.15, -0.1) is 0 Å². The molecular formula is C13H26O3S. The van der Waals surface area contributed by atoms with Gasteiger partial charge in [0.1, 0.15) is 9.84 Å². The maximum Gasteiger partial charge on any atom is 0.150 e. The second-order valence-electron chi connectivity index (χ2n) is 6.27. The van der Waals surface area contributed by atoms with E-state index < -0.39 is 15.4 Å². The van der Waals surface area contributed by atoms with Crippen molar-refractivity contribution in [2.75, 3.05) is 6.26 Å². The van der Waals surface area contributed by atoms with Crippen LogP contribution in [0.25, 0.3) is 0 Å². The van der Waals surface area contributed by atoms with E-state index in [1.807, 2.05) is 6.92 Å². The molecule has 0 bridgehead atoms. The fourth-order valence-corrected chi connectivity index (χ4v) is 4.27. The van der Waals surface area contributed by atoms with Gasteiger partial charge in [0.15, 0.2) is 0 Å². The third-order valence-electron chi connectivity index (χ3n) is 3.93. The summed E-state index contributed by atoms with van der Waals surface area (Å²) in [5, 5.41) is 10.2. The number of rotatable bonds is 4. The molecule has 0 radical (unpaired) electrons. The average Bonchev–Trinajstić information content (AvgIpc) is 2.14. The monoisotopic (exact) mass is 262 g/mol. The van der Waals surface area contributed by atoms with Crippen molar-refractivity contribution in [3.05, 3.63) is 0 Å². The van der Waals surface area contributed by atoms with Gasteiger partial charge < -0.3 is 5.11 Å². The molecule has 1 saturated carbocycles. The van der Waals surface area contributed by atoms with Crippen molar-refractivity contribution in [3.63, 3.8) is 0 Å². The summed E-state index contributed by atoms with van der Waals surface area (Å²) in [4.78, 5) is 0. The Morgan fingerprint density at radius 3 is 2.41 bits per heavy atom. The van der Waals surface area contributed by atoms with E-state index in [0.29, 0.717) is 12.3 Å². The minimum absolute atomic E-state index is 0.123. The van der Waals surface area contributed by atoms with Crippen LogP contribution in [0, 0.1) is 11.8 Å². The van der Waals surface area contributed by atoms with E-state index in [2.05, 4.69) is 13.8 Å². The van der Waals surface area contributed by atoms with E-state index in [1.165, 1.54) is 6.26 Å². The Labute approximate surface area is 106 Å². The van der Waals surface area contributed by atoms with Crippen molar-refractivity contribution in [1.82, 2.24) is 0 Å². The quantitative estimate of drug-likeness (QED) is 0.846. The van der Waals surface area contributed by atoms with E-state index in [4.69, 9.17) is 0 Å². The Balaban J connectivity index is 2.72. The molecule has 0 aromatic heterocycles. The number of aliphatic hydroxyl groups is 1. The molecule has 0 spiro atoms. The van der Waals surface area contributed by atoms with Crippen molar-refractivity contribution in [2.45, 2.75) is 63.7 Å². The van der Waals surface area contributed by atoms with Gasteiger partial charge >= 0.3 is 0 Å². The first-order valence-corrected chi connectivity index (χ1v) is 8.49. The van der Waals surface area contributed by atoms with E-state index in [0.717, 1.165) is 25.7 Å². The summed E-state index contributed by atoms with van der Waals surface area (Å²) in [7, 11) is -2.96. The van der Waals surface area contributed by atoms with E-state index in [-0.39, 0.29) is 11.2 Å². The molecule has 1 N–H and O–H groups in total. The fraction of sp³-hybridized carbons (Fsp3) is 1.00. The van der Waals surface area contributed by atoms with Crippen LogP contribution in [-0.4, -0.2) is 30.6 Å². The highest BCUT2D eigenvalue weighted by molar-refractivity contribution is 7.91. The first kappa shape index (κ1) is 15.0. The summed E-state index contributed by atoms with van der Waals surface area (Å²) in [6.45, 7) is 6.04. The van der Waals surface area contributed by atoms with Crippen LogP contribution in [0.2, 0.25) is 0 Å². The van der Waals surface area contributed by atoms with E-state index in [1.54, 1.807) is 0 Å². The summed E-state index contributed by atoms with van der Waals surface area (Å²) in [5.41, 5.74) is -0.725. The molecule has 1 aliphatic carbocycles. The first-order valence-electron chi connectivity index (χ1n) is 6.54. The van der Waals surface area contributed by atoms with Gasteiger partial charge in [-0.2, -0.15) is 0 Å². The summed E-state index contributed by atoms with van der Waals surface area (Å²) in [5.74, 6) is 0.557. The Hall–Kier alpha value is -0.0900. The second-order valence-corrected chi connectivity index (χ2v) is 8.60. The summed E-state index contributed by atoms with van der Waals surface area (Å²) in [6.07, 6.45) is 5.30. The van der Waals surface area contributed by atoms with Crippen LogP contribution in [0.3, 0.4) is 0 Å². The maximum atomic E-state index is 11.6. The van der Waals surface area contributed by atoms with Crippen LogP contribution >= 0.6 is 0 Å². The highest BCUT2D eigenvalue weighted by atomic mass is 32.2. The lowest BCUT2D eigenvalue weighted by molar-refractivity contribution is -0.0320. The van der Waals surface area contributed by atoms with Crippen molar-refractivity contribution >= 4 is 9.84 Å². The molecule has 1 aliphatic rings. The van der Waals surface area contributed by atoms with Gasteiger partial charge in [-0.1, -0.05) is 20.3 Å². The number of hydrogen-bond donors (Lipinski definition) is 1. The van der Waals surface area contributed by atoms with Crippen LogP contribution in [0.4, 0.5) is 0 Å². The molecule has 0 amide bonds. The molecule has 1 rings (SSSR count). The first-order chi connectivity index (χ1) is 7.63. The molecule has 1 fully saturated rings. The van der Waals surface area contributed by atoms with Gasteiger partial charge in [-0.25, -0.2) is 8.42 Å². The summed E-state index contributed by atoms with van der Waals surface area (Å²) in [6, 6.07) is 0. The summed E-state index contributed by atoms with van der Waals surface area (Å²) < 4.78 is 23.2. The average molecular weight is 262 g/mol. The van der Waals surface area contributed by atoms with Crippen molar-refractivity contribution in [3.8, 4) is 0 Å². The van der Waals surface area contributed by atoms with Gasteiger partial charge in [0, 0.05) is 6.26 Å². The van der Waals surface area contributed by atoms with Crippen LogP contribution in [-0.2, 0) is 9.84 Å². The maximum absolute atomic E-state index is 11.6. The summed E-state index contributed by atoms with van der Waals surface area (Å²) >= 11 is 0. The minimum atomic E-state index is -2.96. The lowest BCUT2D eigenvalue weighted by Gasteiger charge is -2.39. The third-order valence-corrected chi connectivity index (χ3v) is 5.57. The zero-order chi connectivity index (χ0) is 13.3. The topological polar surface area (TPSA) is 54.4 Å². The zero-order valence-electron chi connectivity index (χ0n) is 11.4. The van der Waals surface area contributed by atoms with Gasteiger partial charge in [-0.3, -0.25) is 0 Å². The predicted octanol–water partition coefficient (Wildman–Crippen LogP) is 2.39. The molecular weight excluding hydrogens is 236 g/mol. The largest absolute Gasteiger partial charge is 0.390 e. The molecule has 3 unspecified atom stereocenters. The molecule has 4 heteroatoms. The molecule has 0 aromatic carbocycles. The Bertz CT molecular complexity index is 344. The fourth-order valence-electron chi connectivity index (χ4n) is 3.09. The highest BCUT2D eigenvalue weighted by Gasteiger charge is 2.38. The van der Waals surface area contributed by atoms with Gasteiger partial charge in [0.2, 0.25) is 0 Å². The van der Waals surface area contributed by atoms with Crippen molar-refractivity contribution in [2.24, 2.45) is 11.8 Å². The Morgan fingerprint density at radius 1 is 1.35 bits per heavy atom. The lowest BCUT2D eigenvalue weighted by atomic mass is 9.74. The number of hydrogen-bond acceptors (Lipinski definition) is 3. The molecule has 0 aromatic rings. The molecule has 3 nitrogen and oxygen atoms in total. The van der Waals surface area contributed by atoms with Gasteiger partial charge in [-0.05, 0) is 44.4 Å². The Morgan fingerprint density at radius 2 is 1.94 bits per heavy atom. The van der Waals surface area contributed by atoms with Crippen molar-refractivity contribution in [1.29, 1.82) is 0 Å². The molecule has 0 saturated heterocycles. The van der Waals surface area contributed by atoms with Crippen LogP contribution < -0.4 is 0 Å². The third kappa shape index (κ3) is 4.25. The van der Waals surface area contributed by atoms with E-state index in [9.17, 15) is 13.5 Å². The molecule has 0 aliphatic heterocycles. The van der Waals surface area contributed by atoms with Crippen LogP contribution in [0.1, 0.15) is 52.9 Å². The van der Waals surface area contributed by atoms with Gasteiger partial charge in [0.25, 0.3) is 0 Å². The van der Waals surface area contributed by atoms with E-state index >= 15 is 0 Å². The second kappa shape index (κ2) is 5.27. The normalized spacial score (nSPS) is 30.2. The molecule has 3 atom stereocenters. The van der Waals surface area contributed by atoms with Crippen molar-refractivity contribution < 1.29 is 13.5 Å². The van der Waals surface area contributed by atoms with Gasteiger partial charge in [0.05, 0.1) is 10.9 Å². The molecule has 17 heavy (non-hydrogen) atoms. The lowest BCUT2D eigenvalue weighted by Crippen LogP contribution is -2.41. The SMILES string of the molecule is CC(C)CC(C)(O)C1CCCC(S(C)(=O)=O)C1. The zero-order valence-corrected chi connectivity index (χ0v) is 12.3. The standard InChI is InChI=1S/C13H26O3S/c1-10(2)9-13(3,14)11-6-5-7-12(8-11)17(4,15)16/h10-12,14H,5-9H2,1-4H3. The molecule has 0 heterocycles. The number of sulfone groups is 1. The molecule has 102 valence electrons. The highest BCUT2D eigenvalue weighted by Crippen LogP contribution is 2.38. The minimum Gasteiger partial charge on any atom is -0.390 e.